The topological polar surface area (TPSA) is 26.0 Å². The molecule has 0 amide bonds. The Morgan fingerprint density at radius 2 is 1.20 bits per heavy atom. The smallest absolute Gasteiger partial charge is 0.00268 e. The van der Waals surface area contributed by atoms with Crippen LogP contribution in [0.3, 0.4) is 0 Å². The molecule has 1 fully saturated rings. The highest BCUT2D eigenvalue weighted by atomic mass is 14.6. The van der Waals surface area contributed by atoms with Gasteiger partial charge in [0.05, 0.1) is 0 Å². The molecule has 4 aromatic carbocycles. The SMILES string of the molecule is NCC1CC2C=CC1C2.c1cc2ccc3cccc4ccc(c1)c2c34. The Morgan fingerprint density at radius 1 is 0.680 bits per heavy atom. The summed E-state index contributed by atoms with van der Waals surface area (Å²) >= 11 is 0. The van der Waals surface area contributed by atoms with Crippen LogP contribution >= 0.6 is 0 Å². The first-order valence-electron chi connectivity index (χ1n) is 9.34. The van der Waals surface area contributed by atoms with E-state index in [-0.39, 0.29) is 0 Å². The van der Waals surface area contributed by atoms with Crippen molar-refractivity contribution in [3.63, 3.8) is 0 Å². The van der Waals surface area contributed by atoms with E-state index in [1.165, 1.54) is 45.2 Å². The Morgan fingerprint density at radius 3 is 1.52 bits per heavy atom. The van der Waals surface area contributed by atoms with Crippen LogP contribution in [0.4, 0.5) is 0 Å². The molecular weight excluding hydrogens is 302 g/mol. The molecule has 0 heterocycles. The van der Waals surface area contributed by atoms with Crippen molar-refractivity contribution in [1.29, 1.82) is 0 Å². The van der Waals surface area contributed by atoms with Crippen molar-refractivity contribution in [3.05, 3.63) is 72.8 Å². The van der Waals surface area contributed by atoms with Gasteiger partial charge >= 0.3 is 0 Å². The quantitative estimate of drug-likeness (QED) is 0.350. The van der Waals surface area contributed by atoms with Crippen LogP contribution in [-0.4, -0.2) is 6.54 Å². The molecule has 124 valence electrons. The monoisotopic (exact) mass is 325 g/mol. The van der Waals surface area contributed by atoms with Crippen LogP contribution in [0, 0.1) is 17.8 Å². The van der Waals surface area contributed by atoms with E-state index in [2.05, 4.69) is 72.8 Å². The average molecular weight is 325 g/mol. The zero-order chi connectivity index (χ0) is 16.8. The van der Waals surface area contributed by atoms with Gasteiger partial charge in [-0.15, -0.1) is 0 Å². The fourth-order valence-corrected chi connectivity index (χ4v) is 4.84. The minimum atomic E-state index is 0.819. The normalized spacial score (nSPS) is 24.3. The molecule has 0 aliphatic heterocycles. The molecule has 3 unspecified atom stereocenters. The van der Waals surface area contributed by atoms with E-state index in [0.29, 0.717) is 0 Å². The molecule has 2 N–H and O–H groups in total. The zero-order valence-electron chi connectivity index (χ0n) is 14.4. The van der Waals surface area contributed by atoms with E-state index >= 15 is 0 Å². The molecule has 4 aromatic rings. The molecular formula is C24H23N. The lowest BCUT2D eigenvalue weighted by atomic mass is 9.94. The molecule has 3 atom stereocenters. The summed E-state index contributed by atoms with van der Waals surface area (Å²) in [6.45, 7) is 0.894. The highest BCUT2D eigenvalue weighted by Crippen LogP contribution is 2.42. The first kappa shape index (κ1) is 14.9. The number of fused-ring (bicyclic) bond motifs is 2. The second-order valence-electron chi connectivity index (χ2n) is 7.57. The number of allylic oxidation sites excluding steroid dienone is 2. The predicted octanol–water partition coefficient (Wildman–Crippen LogP) is 5.74. The van der Waals surface area contributed by atoms with Gasteiger partial charge in [-0.1, -0.05) is 72.8 Å². The van der Waals surface area contributed by atoms with Gasteiger partial charge in [0.2, 0.25) is 0 Å². The third kappa shape index (κ3) is 2.42. The lowest BCUT2D eigenvalue weighted by Gasteiger charge is -2.14. The average Bonchev–Trinajstić information content (AvgIpc) is 3.30. The van der Waals surface area contributed by atoms with Gasteiger partial charge in [-0.2, -0.15) is 0 Å². The highest BCUT2D eigenvalue weighted by Gasteiger charge is 2.34. The number of nitrogens with two attached hydrogens (primary N) is 1. The molecule has 1 nitrogen and oxygen atoms in total. The summed E-state index contributed by atoms with van der Waals surface area (Å²) in [5, 5.41) is 8.14. The van der Waals surface area contributed by atoms with Gasteiger partial charge in [0.1, 0.15) is 0 Å². The van der Waals surface area contributed by atoms with Crippen molar-refractivity contribution < 1.29 is 0 Å². The van der Waals surface area contributed by atoms with E-state index in [4.69, 9.17) is 5.73 Å². The van der Waals surface area contributed by atoms with Crippen molar-refractivity contribution in [1.82, 2.24) is 0 Å². The summed E-state index contributed by atoms with van der Waals surface area (Å²) in [5.74, 6) is 2.56. The van der Waals surface area contributed by atoms with Gasteiger partial charge < -0.3 is 5.73 Å². The molecule has 0 saturated heterocycles. The minimum absolute atomic E-state index is 0.819. The van der Waals surface area contributed by atoms with Crippen molar-refractivity contribution in [3.8, 4) is 0 Å². The molecule has 0 spiro atoms. The first-order chi connectivity index (χ1) is 12.3. The van der Waals surface area contributed by atoms with Gasteiger partial charge in [0.25, 0.3) is 0 Å². The standard InChI is InChI=1S/C16H10.C8H13N/c1-3-11-7-9-13-5-2-6-14-10-8-12(4-1)15(11)16(13)14;9-5-8-4-6-1-2-7(8)3-6/h1-10H;1-2,6-8H,3-5,9H2. The van der Waals surface area contributed by atoms with E-state index in [0.717, 1.165) is 24.3 Å². The summed E-state index contributed by atoms with van der Waals surface area (Å²) in [4.78, 5) is 0. The van der Waals surface area contributed by atoms with Gasteiger partial charge in [-0.05, 0) is 69.5 Å². The molecule has 2 aliphatic carbocycles. The highest BCUT2D eigenvalue weighted by molar-refractivity contribution is 6.22. The first-order valence-corrected chi connectivity index (χ1v) is 9.34. The van der Waals surface area contributed by atoms with E-state index < -0.39 is 0 Å². The summed E-state index contributed by atoms with van der Waals surface area (Å²) < 4.78 is 0. The molecule has 0 radical (unpaired) electrons. The molecule has 25 heavy (non-hydrogen) atoms. The Labute approximate surface area is 148 Å². The second kappa shape index (κ2) is 5.86. The number of rotatable bonds is 1. The Bertz CT molecular complexity index is 932. The van der Waals surface area contributed by atoms with Crippen molar-refractivity contribution >= 4 is 32.3 Å². The van der Waals surface area contributed by atoms with Gasteiger partial charge in [-0.3, -0.25) is 0 Å². The maximum Gasteiger partial charge on any atom is -0.00268 e. The summed E-state index contributed by atoms with van der Waals surface area (Å²) in [7, 11) is 0. The maximum atomic E-state index is 5.59. The number of hydrogen-bond acceptors (Lipinski definition) is 1. The van der Waals surface area contributed by atoms with Gasteiger partial charge in [0, 0.05) is 0 Å². The van der Waals surface area contributed by atoms with Crippen LogP contribution in [0.1, 0.15) is 12.8 Å². The van der Waals surface area contributed by atoms with Crippen LogP contribution in [0.15, 0.2) is 72.8 Å². The second-order valence-corrected chi connectivity index (χ2v) is 7.57. The summed E-state index contributed by atoms with van der Waals surface area (Å²) in [5.41, 5.74) is 5.59. The molecule has 0 aromatic heterocycles. The lowest BCUT2D eigenvalue weighted by Crippen LogP contribution is -2.17. The van der Waals surface area contributed by atoms with Crippen LogP contribution in [-0.2, 0) is 0 Å². The van der Waals surface area contributed by atoms with Gasteiger partial charge in [-0.25, -0.2) is 0 Å². The Kier molecular flexibility index (Phi) is 3.50. The summed E-state index contributed by atoms with van der Waals surface area (Å²) in [6.07, 6.45) is 7.46. The fourth-order valence-electron chi connectivity index (χ4n) is 4.84. The third-order valence-corrected chi connectivity index (χ3v) is 6.11. The molecule has 1 heteroatoms. The van der Waals surface area contributed by atoms with Gasteiger partial charge in [0.15, 0.2) is 0 Å². The summed E-state index contributed by atoms with van der Waals surface area (Å²) in [6, 6.07) is 21.9. The Hall–Kier alpha value is -2.38. The molecule has 6 rings (SSSR count). The number of benzene rings is 4. The lowest BCUT2D eigenvalue weighted by molar-refractivity contribution is 0.459. The van der Waals surface area contributed by atoms with Crippen molar-refractivity contribution in [2.24, 2.45) is 23.5 Å². The van der Waals surface area contributed by atoms with Crippen LogP contribution in [0.25, 0.3) is 32.3 Å². The predicted molar refractivity (Wildman–Crippen MR) is 108 cm³/mol. The largest absolute Gasteiger partial charge is 0.330 e. The van der Waals surface area contributed by atoms with Crippen molar-refractivity contribution in [2.45, 2.75) is 12.8 Å². The number of hydrogen-bond donors (Lipinski definition) is 1. The maximum absolute atomic E-state index is 5.59. The van der Waals surface area contributed by atoms with E-state index in [1.54, 1.807) is 0 Å². The van der Waals surface area contributed by atoms with Crippen molar-refractivity contribution in [2.75, 3.05) is 6.54 Å². The Balaban J connectivity index is 0.000000132. The molecule has 2 aliphatic rings. The minimum Gasteiger partial charge on any atom is -0.330 e. The zero-order valence-corrected chi connectivity index (χ0v) is 14.4. The fraction of sp³-hybridized carbons (Fsp3) is 0.250. The van der Waals surface area contributed by atoms with Crippen LogP contribution < -0.4 is 5.73 Å². The third-order valence-electron chi connectivity index (χ3n) is 6.11. The molecule has 1 saturated carbocycles. The van der Waals surface area contributed by atoms with E-state index in [9.17, 15) is 0 Å². The van der Waals surface area contributed by atoms with E-state index in [1.807, 2.05) is 0 Å². The molecule has 2 bridgehead atoms. The van der Waals surface area contributed by atoms with Crippen LogP contribution in [0.2, 0.25) is 0 Å². The van der Waals surface area contributed by atoms with Crippen LogP contribution in [0.5, 0.6) is 0 Å².